The molecule has 3 heterocycles. The average molecular weight is 363 g/mol. The quantitative estimate of drug-likeness (QED) is 0.753. The van der Waals surface area contributed by atoms with Crippen molar-refractivity contribution in [3.63, 3.8) is 0 Å². The Hall–Kier alpha value is -1.57. The van der Waals surface area contributed by atoms with E-state index in [9.17, 15) is 0 Å². The van der Waals surface area contributed by atoms with Crippen LogP contribution in [-0.4, -0.2) is 38.0 Å². The fraction of sp³-hybridized carbons (Fsp3) is 0.765. The van der Waals surface area contributed by atoms with Crippen molar-refractivity contribution >= 4 is 17.7 Å². The first-order valence-electron chi connectivity index (χ1n) is 9.18. The van der Waals surface area contributed by atoms with Crippen LogP contribution in [0, 0.1) is 0 Å². The van der Waals surface area contributed by atoms with E-state index < -0.39 is 0 Å². The number of thioether (sulfide) groups is 1. The molecule has 2 aromatic heterocycles. The molecule has 0 unspecified atom stereocenters. The molecule has 0 radical (unpaired) electrons. The SMILES string of the molecule is CC(C)(C)c1noc(CSc2nnc(N3CCCCC3)n2C2CC2)n1. The normalized spacial score (nSPS) is 18.8. The van der Waals surface area contributed by atoms with Gasteiger partial charge in [0.2, 0.25) is 11.8 Å². The van der Waals surface area contributed by atoms with Crippen molar-refractivity contribution in [2.24, 2.45) is 0 Å². The van der Waals surface area contributed by atoms with Crippen molar-refractivity contribution in [2.75, 3.05) is 18.0 Å². The van der Waals surface area contributed by atoms with Crippen molar-refractivity contribution in [3.05, 3.63) is 11.7 Å². The van der Waals surface area contributed by atoms with Crippen LogP contribution in [0.5, 0.6) is 0 Å². The maximum Gasteiger partial charge on any atom is 0.237 e. The van der Waals surface area contributed by atoms with E-state index >= 15 is 0 Å². The fourth-order valence-electron chi connectivity index (χ4n) is 3.07. The molecule has 0 aromatic carbocycles. The van der Waals surface area contributed by atoms with Gasteiger partial charge in [0.1, 0.15) is 0 Å². The third kappa shape index (κ3) is 3.68. The smallest absolute Gasteiger partial charge is 0.237 e. The molecule has 2 aliphatic rings. The molecule has 0 spiro atoms. The minimum absolute atomic E-state index is 0.0954. The van der Waals surface area contributed by atoms with Crippen LogP contribution in [0.1, 0.15) is 70.6 Å². The maximum absolute atomic E-state index is 5.40. The van der Waals surface area contributed by atoms with Crippen LogP contribution in [0.15, 0.2) is 9.68 Å². The van der Waals surface area contributed by atoms with Gasteiger partial charge in [-0.25, -0.2) is 0 Å². The van der Waals surface area contributed by atoms with Gasteiger partial charge in [0.05, 0.1) is 5.75 Å². The van der Waals surface area contributed by atoms with Crippen LogP contribution in [0.4, 0.5) is 5.95 Å². The Balaban J connectivity index is 1.49. The van der Waals surface area contributed by atoms with Crippen LogP contribution >= 0.6 is 11.8 Å². The van der Waals surface area contributed by atoms with Crippen molar-refractivity contribution in [2.45, 2.75) is 75.2 Å². The fourth-order valence-corrected chi connectivity index (χ4v) is 3.91. The van der Waals surface area contributed by atoms with Crippen LogP contribution < -0.4 is 4.90 Å². The molecule has 0 bridgehead atoms. The highest BCUT2D eigenvalue weighted by molar-refractivity contribution is 7.98. The minimum Gasteiger partial charge on any atom is -0.341 e. The van der Waals surface area contributed by atoms with Gasteiger partial charge in [-0.1, -0.05) is 37.7 Å². The van der Waals surface area contributed by atoms with Gasteiger partial charge in [-0.3, -0.25) is 4.57 Å². The van der Waals surface area contributed by atoms with Crippen LogP contribution in [-0.2, 0) is 11.2 Å². The molecule has 2 fully saturated rings. The molecule has 0 N–H and O–H groups in total. The van der Waals surface area contributed by atoms with Crippen LogP contribution in [0.2, 0.25) is 0 Å². The predicted molar refractivity (Wildman–Crippen MR) is 96.9 cm³/mol. The van der Waals surface area contributed by atoms with Gasteiger partial charge < -0.3 is 9.42 Å². The average Bonchev–Trinajstić information content (AvgIpc) is 3.15. The summed E-state index contributed by atoms with van der Waals surface area (Å²) in [6.45, 7) is 8.44. The molecular weight excluding hydrogens is 336 g/mol. The van der Waals surface area contributed by atoms with E-state index in [1.807, 2.05) is 0 Å². The molecule has 8 heteroatoms. The Morgan fingerprint density at radius 2 is 1.88 bits per heavy atom. The Morgan fingerprint density at radius 3 is 2.52 bits per heavy atom. The lowest BCUT2D eigenvalue weighted by Gasteiger charge is -2.27. The van der Waals surface area contributed by atoms with Gasteiger partial charge in [0, 0.05) is 24.5 Å². The van der Waals surface area contributed by atoms with E-state index in [-0.39, 0.29) is 5.41 Å². The topological polar surface area (TPSA) is 72.9 Å². The van der Waals surface area contributed by atoms with Crippen LogP contribution in [0.25, 0.3) is 0 Å². The monoisotopic (exact) mass is 362 g/mol. The Labute approximate surface area is 152 Å². The van der Waals surface area contributed by atoms with E-state index in [1.165, 1.54) is 32.1 Å². The second kappa shape index (κ2) is 6.63. The summed E-state index contributed by atoms with van der Waals surface area (Å²) in [5.41, 5.74) is -0.0954. The van der Waals surface area contributed by atoms with Gasteiger partial charge in [-0.15, -0.1) is 10.2 Å². The number of aromatic nitrogens is 5. The number of hydrogen-bond acceptors (Lipinski definition) is 7. The Bertz CT molecular complexity index is 724. The summed E-state index contributed by atoms with van der Waals surface area (Å²) in [5, 5.41) is 14.0. The zero-order chi connectivity index (χ0) is 17.4. The zero-order valence-electron chi connectivity index (χ0n) is 15.2. The van der Waals surface area contributed by atoms with Gasteiger partial charge in [0.25, 0.3) is 0 Å². The second-order valence-corrected chi connectivity index (χ2v) is 8.92. The molecule has 0 atom stereocenters. The minimum atomic E-state index is -0.0954. The van der Waals surface area contributed by atoms with Gasteiger partial charge in [-0.2, -0.15) is 4.98 Å². The molecule has 1 aliphatic carbocycles. The lowest BCUT2D eigenvalue weighted by Crippen LogP contribution is -2.31. The molecule has 1 saturated carbocycles. The van der Waals surface area contributed by atoms with Crippen molar-refractivity contribution < 1.29 is 4.52 Å². The first-order valence-corrected chi connectivity index (χ1v) is 10.2. The highest BCUT2D eigenvalue weighted by Crippen LogP contribution is 2.41. The van der Waals surface area contributed by atoms with E-state index in [0.29, 0.717) is 17.7 Å². The molecule has 4 rings (SSSR count). The van der Waals surface area contributed by atoms with Gasteiger partial charge >= 0.3 is 0 Å². The molecule has 0 amide bonds. The molecular formula is C17H26N6OS. The highest BCUT2D eigenvalue weighted by atomic mass is 32.2. The van der Waals surface area contributed by atoms with E-state index in [1.54, 1.807) is 11.8 Å². The second-order valence-electron chi connectivity index (χ2n) is 7.98. The van der Waals surface area contributed by atoms with Gasteiger partial charge in [-0.05, 0) is 32.1 Å². The number of rotatable bonds is 5. The predicted octanol–water partition coefficient (Wildman–Crippen LogP) is 3.58. The van der Waals surface area contributed by atoms with E-state index in [0.717, 1.165) is 30.0 Å². The third-order valence-electron chi connectivity index (χ3n) is 4.66. The van der Waals surface area contributed by atoms with E-state index in [2.05, 4.69) is 50.6 Å². The van der Waals surface area contributed by atoms with Crippen molar-refractivity contribution in [1.82, 2.24) is 24.9 Å². The summed E-state index contributed by atoms with van der Waals surface area (Å²) in [5.74, 6) is 3.08. The molecule has 136 valence electrons. The van der Waals surface area contributed by atoms with Gasteiger partial charge in [0.15, 0.2) is 11.0 Å². The summed E-state index contributed by atoms with van der Waals surface area (Å²) in [6.07, 6.45) is 6.26. The number of piperidine rings is 1. The summed E-state index contributed by atoms with van der Waals surface area (Å²) < 4.78 is 7.73. The summed E-state index contributed by atoms with van der Waals surface area (Å²) in [7, 11) is 0. The largest absolute Gasteiger partial charge is 0.341 e. The standard InChI is InChI=1S/C17H26N6OS/c1-17(2,3)14-18-13(24-21-14)11-25-16-20-19-15(23(16)12-7-8-12)22-9-5-4-6-10-22/h12H,4-11H2,1-3H3. The Kier molecular flexibility index (Phi) is 4.47. The lowest BCUT2D eigenvalue weighted by molar-refractivity contribution is 0.372. The first kappa shape index (κ1) is 16.9. The van der Waals surface area contributed by atoms with Crippen molar-refractivity contribution in [3.8, 4) is 0 Å². The molecule has 25 heavy (non-hydrogen) atoms. The number of hydrogen-bond donors (Lipinski definition) is 0. The molecule has 2 aromatic rings. The third-order valence-corrected chi connectivity index (χ3v) is 5.59. The zero-order valence-corrected chi connectivity index (χ0v) is 16.1. The Morgan fingerprint density at radius 1 is 1.12 bits per heavy atom. The number of anilines is 1. The summed E-state index contributed by atoms with van der Waals surface area (Å²) >= 11 is 1.64. The molecule has 1 aliphatic heterocycles. The summed E-state index contributed by atoms with van der Waals surface area (Å²) in [6, 6.07) is 0.558. The van der Waals surface area contributed by atoms with Crippen LogP contribution in [0.3, 0.4) is 0 Å². The molecule has 1 saturated heterocycles. The number of nitrogens with zero attached hydrogens (tertiary/aromatic N) is 6. The van der Waals surface area contributed by atoms with Crippen molar-refractivity contribution in [1.29, 1.82) is 0 Å². The van der Waals surface area contributed by atoms with E-state index in [4.69, 9.17) is 4.52 Å². The highest BCUT2D eigenvalue weighted by Gasteiger charge is 2.32. The lowest BCUT2D eigenvalue weighted by atomic mass is 9.96. The first-order chi connectivity index (χ1) is 12.0. The maximum atomic E-state index is 5.40. The molecule has 7 nitrogen and oxygen atoms in total. The summed E-state index contributed by atoms with van der Waals surface area (Å²) in [4.78, 5) is 6.91.